The van der Waals surface area contributed by atoms with Crippen LogP contribution in [0.2, 0.25) is 0 Å². The molecule has 6 heteroatoms. The van der Waals surface area contributed by atoms with Crippen LogP contribution in [0.15, 0.2) is 5.38 Å². The first-order valence-electron chi connectivity index (χ1n) is 7.18. The predicted molar refractivity (Wildman–Crippen MR) is 81.2 cm³/mol. The van der Waals surface area contributed by atoms with E-state index in [1.165, 1.54) is 33.0 Å². The van der Waals surface area contributed by atoms with Crippen LogP contribution < -0.4 is 5.32 Å². The molecule has 1 atom stereocenters. The van der Waals surface area contributed by atoms with Gasteiger partial charge in [-0.05, 0) is 32.9 Å². The number of carbonyl (C=O) groups excluding carboxylic acids is 1. The molecule has 0 aromatic carbocycles. The normalized spacial score (nSPS) is 17.1. The van der Waals surface area contributed by atoms with Gasteiger partial charge in [0.05, 0.1) is 19.2 Å². The van der Waals surface area contributed by atoms with Crippen molar-refractivity contribution in [2.45, 2.75) is 38.6 Å². The number of rotatable bonds is 7. The monoisotopic (exact) mass is 297 g/mol. The Balaban J connectivity index is 1.73. The van der Waals surface area contributed by atoms with E-state index in [0.717, 1.165) is 17.4 Å². The molecule has 1 N–H and O–H groups in total. The van der Waals surface area contributed by atoms with Gasteiger partial charge in [0, 0.05) is 24.4 Å². The summed E-state index contributed by atoms with van der Waals surface area (Å²) in [6, 6.07) is 0.542. The topological polar surface area (TPSA) is 54.5 Å². The Bertz CT molecular complexity index is 430. The molecule has 1 unspecified atom stereocenters. The number of esters is 1. The lowest BCUT2D eigenvalue weighted by Crippen LogP contribution is -2.35. The Hall–Kier alpha value is -1.14. The zero-order valence-electron chi connectivity index (χ0n) is 12.2. The average Bonchev–Trinajstić information content (AvgIpc) is 3.13. The number of likely N-dealkylation sites (tertiary alicyclic amines) is 1. The second kappa shape index (κ2) is 7.59. The number of anilines is 1. The zero-order chi connectivity index (χ0) is 14.4. The maximum absolute atomic E-state index is 11.1. The van der Waals surface area contributed by atoms with Gasteiger partial charge in [-0.25, -0.2) is 4.98 Å². The van der Waals surface area contributed by atoms with Crippen LogP contribution in [0.1, 0.15) is 31.9 Å². The highest BCUT2D eigenvalue weighted by Gasteiger charge is 2.17. The lowest BCUT2D eigenvalue weighted by atomic mass is 10.2. The number of aromatic nitrogens is 1. The molecule has 1 saturated heterocycles. The van der Waals surface area contributed by atoms with E-state index in [0.29, 0.717) is 18.9 Å². The molecule has 0 amide bonds. The summed E-state index contributed by atoms with van der Waals surface area (Å²) < 4.78 is 4.63. The summed E-state index contributed by atoms with van der Waals surface area (Å²) in [4.78, 5) is 18.1. The SMILES string of the molecule is COC(=O)CCc1csc(NCC(C)N2CCCC2)n1. The molecule has 0 aliphatic carbocycles. The van der Waals surface area contributed by atoms with Crippen molar-refractivity contribution < 1.29 is 9.53 Å². The summed E-state index contributed by atoms with van der Waals surface area (Å²) in [5.74, 6) is -0.185. The molecule has 1 aliphatic rings. The molecule has 0 bridgehead atoms. The van der Waals surface area contributed by atoms with E-state index in [2.05, 4.69) is 26.9 Å². The molecule has 112 valence electrons. The third-order valence-corrected chi connectivity index (χ3v) is 4.53. The van der Waals surface area contributed by atoms with Crippen molar-refractivity contribution in [3.8, 4) is 0 Å². The molecule has 5 nitrogen and oxygen atoms in total. The fourth-order valence-corrected chi connectivity index (χ4v) is 3.14. The quantitative estimate of drug-likeness (QED) is 0.782. The van der Waals surface area contributed by atoms with Crippen molar-refractivity contribution in [3.63, 3.8) is 0 Å². The van der Waals surface area contributed by atoms with Crippen molar-refractivity contribution in [2.24, 2.45) is 0 Å². The molecule has 1 aliphatic heterocycles. The number of nitrogens with one attached hydrogen (secondary N) is 1. The number of methoxy groups -OCH3 is 1. The number of hydrogen-bond donors (Lipinski definition) is 1. The van der Waals surface area contributed by atoms with E-state index in [4.69, 9.17) is 0 Å². The first kappa shape index (κ1) is 15.3. The van der Waals surface area contributed by atoms with Crippen molar-refractivity contribution in [1.29, 1.82) is 0 Å². The predicted octanol–water partition coefficient (Wildman–Crippen LogP) is 2.14. The lowest BCUT2D eigenvalue weighted by Gasteiger charge is -2.23. The van der Waals surface area contributed by atoms with Crippen LogP contribution in [0.5, 0.6) is 0 Å². The zero-order valence-corrected chi connectivity index (χ0v) is 13.0. The Morgan fingerprint density at radius 3 is 3.00 bits per heavy atom. The van der Waals surface area contributed by atoms with Gasteiger partial charge < -0.3 is 10.1 Å². The third-order valence-electron chi connectivity index (χ3n) is 3.68. The minimum Gasteiger partial charge on any atom is -0.469 e. The van der Waals surface area contributed by atoms with Gasteiger partial charge in [-0.15, -0.1) is 11.3 Å². The Morgan fingerprint density at radius 2 is 2.30 bits per heavy atom. The van der Waals surface area contributed by atoms with E-state index >= 15 is 0 Å². The highest BCUT2D eigenvalue weighted by molar-refractivity contribution is 7.13. The standard InChI is InChI=1S/C14H23N3O2S/c1-11(17-7-3-4-8-17)9-15-14-16-12(10-20-14)5-6-13(18)19-2/h10-11H,3-9H2,1-2H3,(H,15,16). The maximum Gasteiger partial charge on any atom is 0.305 e. The molecule has 1 aromatic heterocycles. The van der Waals surface area contributed by atoms with Crippen LogP contribution in [0.25, 0.3) is 0 Å². The van der Waals surface area contributed by atoms with Crippen LogP contribution in [-0.2, 0) is 16.0 Å². The fraction of sp³-hybridized carbons (Fsp3) is 0.714. The van der Waals surface area contributed by atoms with E-state index in [9.17, 15) is 4.79 Å². The molecule has 0 radical (unpaired) electrons. The molecular formula is C14H23N3O2S. The van der Waals surface area contributed by atoms with E-state index < -0.39 is 0 Å². The minimum absolute atomic E-state index is 0.185. The number of aryl methyl sites for hydroxylation is 1. The smallest absolute Gasteiger partial charge is 0.305 e. The summed E-state index contributed by atoms with van der Waals surface area (Å²) in [6.45, 7) is 5.60. The van der Waals surface area contributed by atoms with Gasteiger partial charge in [0.15, 0.2) is 5.13 Å². The van der Waals surface area contributed by atoms with Gasteiger partial charge in [-0.2, -0.15) is 0 Å². The van der Waals surface area contributed by atoms with Crippen LogP contribution in [-0.4, -0.2) is 48.6 Å². The van der Waals surface area contributed by atoms with Gasteiger partial charge in [-0.3, -0.25) is 9.69 Å². The van der Waals surface area contributed by atoms with Gasteiger partial charge in [0.2, 0.25) is 0 Å². The second-order valence-electron chi connectivity index (χ2n) is 5.19. The Kier molecular flexibility index (Phi) is 5.79. The molecule has 2 rings (SSSR count). The van der Waals surface area contributed by atoms with Gasteiger partial charge in [0.1, 0.15) is 0 Å². The first-order chi connectivity index (χ1) is 9.69. The van der Waals surface area contributed by atoms with E-state index in [-0.39, 0.29) is 5.97 Å². The number of ether oxygens (including phenoxy) is 1. The molecule has 1 fully saturated rings. The summed E-state index contributed by atoms with van der Waals surface area (Å²) in [5, 5.41) is 6.34. The van der Waals surface area contributed by atoms with Crippen LogP contribution in [0, 0.1) is 0 Å². The van der Waals surface area contributed by atoms with Crippen molar-refractivity contribution >= 4 is 22.4 Å². The first-order valence-corrected chi connectivity index (χ1v) is 8.06. The summed E-state index contributed by atoms with van der Waals surface area (Å²) >= 11 is 1.60. The Labute approximate surface area is 124 Å². The van der Waals surface area contributed by atoms with Crippen LogP contribution in [0.3, 0.4) is 0 Å². The fourth-order valence-electron chi connectivity index (χ4n) is 2.38. The summed E-state index contributed by atoms with van der Waals surface area (Å²) in [7, 11) is 1.41. The van der Waals surface area contributed by atoms with Crippen LogP contribution in [0.4, 0.5) is 5.13 Å². The minimum atomic E-state index is -0.185. The largest absolute Gasteiger partial charge is 0.469 e. The molecule has 20 heavy (non-hydrogen) atoms. The second-order valence-corrected chi connectivity index (χ2v) is 6.05. The van der Waals surface area contributed by atoms with Gasteiger partial charge in [0.25, 0.3) is 0 Å². The Morgan fingerprint density at radius 1 is 1.55 bits per heavy atom. The van der Waals surface area contributed by atoms with Gasteiger partial charge >= 0.3 is 5.97 Å². The number of nitrogens with zero attached hydrogens (tertiary/aromatic N) is 2. The van der Waals surface area contributed by atoms with Crippen molar-refractivity contribution in [3.05, 3.63) is 11.1 Å². The molecule has 2 heterocycles. The number of carbonyl (C=O) groups is 1. The van der Waals surface area contributed by atoms with E-state index in [1.54, 1.807) is 11.3 Å². The lowest BCUT2D eigenvalue weighted by molar-refractivity contribution is -0.140. The molecule has 0 saturated carbocycles. The van der Waals surface area contributed by atoms with Crippen molar-refractivity contribution in [1.82, 2.24) is 9.88 Å². The highest BCUT2D eigenvalue weighted by Crippen LogP contribution is 2.18. The average molecular weight is 297 g/mol. The number of hydrogen-bond acceptors (Lipinski definition) is 6. The molecule has 1 aromatic rings. The van der Waals surface area contributed by atoms with Crippen LogP contribution >= 0.6 is 11.3 Å². The summed E-state index contributed by atoms with van der Waals surface area (Å²) in [6.07, 6.45) is 3.68. The highest BCUT2D eigenvalue weighted by atomic mass is 32.1. The van der Waals surface area contributed by atoms with Crippen molar-refractivity contribution in [2.75, 3.05) is 32.1 Å². The maximum atomic E-state index is 11.1. The third kappa shape index (κ3) is 4.45. The molecule has 0 spiro atoms. The van der Waals surface area contributed by atoms with E-state index in [1.807, 2.05) is 5.38 Å². The summed E-state index contributed by atoms with van der Waals surface area (Å²) in [5.41, 5.74) is 0.955. The number of thiazole rings is 1. The molecular weight excluding hydrogens is 274 g/mol. The van der Waals surface area contributed by atoms with Gasteiger partial charge in [-0.1, -0.05) is 0 Å².